The SMILES string of the molecule is C=C1C(=O)O[C@@H]2CC(C)=C([C@@H](C)CCCOC(C)=O)[C@H](OC(=O)/C(Cc3ccccc3)=N/OCCCC)[C@H]12. The number of esters is 3. The average Bonchev–Trinajstić information content (AvgIpc) is 3.16. The fourth-order valence-electron chi connectivity index (χ4n) is 5.09. The van der Waals surface area contributed by atoms with E-state index in [1.165, 1.54) is 6.92 Å². The van der Waals surface area contributed by atoms with E-state index in [4.69, 9.17) is 19.0 Å². The summed E-state index contributed by atoms with van der Waals surface area (Å²) in [4.78, 5) is 42.6. The van der Waals surface area contributed by atoms with E-state index in [0.29, 0.717) is 31.6 Å². The predicted octanol–water partition coefficient (Wildman–Crippen LogP) is 5.11. The van der Waals surface area contributed by atoms with Gasteiger partial charge in [0.15, 0.2) is 5.71 Å². The Morgan fingerprint density at radius 2 is 1.92 bits per heavy atom. The highest BCUT2D eigenvalue weighted by Crippen LogP contribution is 2.45. The van der Waals surface area contributed by atoms with Crippen LogP contribution in [-0.2, 0) is 39.9 Å². The third-order valence-corrected chi connectivity index (χ3v) is 7.02. The zero-order valence-corrected chi connectivity index (χ0v) is 22.9. The number of hydrogen-bond acceptors (Lipinski definition) is 8. The average molecular weight is 526 g/mol. The zero-order valence-electron chi connectivity index (χ0n) is 22.9. The van der Waals surface area contributed by atoms with Crippen LogP contribution in [0.5, 0.6) is 0 Å². The Balaban J connectivity index is 1.86. The molecule has 206 valence electrons. The van der Waals surface area contributed by atoms with E-state index in [1.54, 1.807) is 0 Å². The monoisotopic (exact) mass is 525 g/mol. The minimum atomic E-state index is -0.722. The third kappa shape index (κ3) is 7.55. The third-order valence-electron chi connectivity index (χ3n) is 7.02. The summed E-state index contributed by atoms with van der Waals surface area (Å²) in [7, 11) is 0. The molecule has 3 rings (SSSR count). The molecule has 1 aromatic carbocycles. The van der Waals surface area contributed by atoms with E-state index < -0.39 is 30.1 Å². The molecular formula is C30H39NO7. The maximum Gasteiger partial charge on any atom is 0.357 e. The van der Waals surface area contributed by atoms with Gasteiger partial charge in [-0.15, -0.1) is 0 Å². The molecule has 0 spiro atoms. The van der Waals surface area contributed by atoms with Gasteiger partial charge in [0.1, 0.15) is 18.8 Å². The number of hydrogen-bond donors (Lipinski definition) is 0. The largest absolute Gasteiger partial charge is 0.466 e. The van der Waals surface area contributed by atoms with E-state index in [0.717, 1.165) is 36.0 Å². The maximum absolute atomic E-state index is 13.6. The van der Waals surface area contributed by atoms with Crippen molar-refractivity contribution in [2.45, 2.75) is 78.4 Å². The van der Waals surface area contributed by atoms with Gasteiger partial charge in [-0.05, 0) is 43.2 Å². The Kier molecular flexibility index (Phi) is 10.7. The van der Waals surface area contributed by atoms with Crippen LogP contribution >= 0.6 is 0 Å². The fourth-order valence-corrected chi connectivity index (χ4v) is 5.09. The lowest BCUT2D eigenvalue weighted by molar-refractivity contribution is -0.145. The first-order valence-electron chi connectivity index (χ1n) is 13.4. The molecule has 0 saturated carbocycles. The molecule has 1 fully saturated rings. The second kappa shape index (κ2) is 13.9. The van der Waals surface area contributed by atoms with Crippen molar-refractivity contribution in [1.29, 1.82) is 0 Å². The Labute approximate surface area is 225 Å². The van der Waals surface area contributed by atoms with Crippen molar-refractivity contribution in [3.63, 3.8) is 0 Å². The van der Waals surface area contributed by atoms with Crippen molar-refractivity contribution < 1.29 is 33.4 Å². The molecule has 0 aromatic heterocycles. The molecule has 8 nitrogen and oxygen atoms in total. The molecule has 4 atom stereocenters. The summed E-state index contributed by atoms with van der Waals surface area (Å²) in [6.45, 7) is 12.2. The molecule has 38 heavy (non-hydrogen) atoms. The number of benzene rings is 1. The number of carbonyl (C=O) groups excluding carboxylic acids is 3. The summed E-state index contributed by atoms with van der Waals surface area (Å²) in [5.74, 6) is -1.83. The minimum Gasteiger partial charge on any atom is -0.466 e. The first-order chi connectivity index (χ1) is 18.2. The number of fused-ring (bicyclic) bond motifs is 1. The highest BCUT2D eigenvalue weighted by molar-refractivity contribution is 6.36. The van der Waals surface area contributed by atoms with Crippen LogP contribution in [0.2, 0.25) is 0 Å². The smallest absolute Gasteiger partial charge is 0.357 e. The lowest BCUT2D eigenvalue weighted by Gasteiger charge is -2.37. The Morgan fingerprint density at radius 1 is 1.18 bits per heavy atom. The van der Waals surface area contributed by atoms with Crippen LogP contribution in [0, 0.1) is 11.8 Å². The summed E-state index contributed by atoms with van der Waals surface area (Å²) in [5.41, 5.74) is 3.34. The molecule has 1 aliphatic heterocycles. The van der Waals surface area contributed by atoms with Gasteiger partial charge in [-0.25, -0.2) is 9.59 Å². The van der Waals surface area contributed by atoms with Crippen molar-refractivity contribution in [2.24, 2.45) is 17.0 Å². The van der Waals surface area contributed by atoms with E-state index in [-0.39, 0.29) is 24.0 Å². The molecule has 0 bridgehead atoms. The summed E-state index contributed by atoms with van der Waals surface area (Å²) in [6, 6.07) is 9.53. The molecule has 1 saturated heterocycles. The van der Waals surface area contributed by atoms with E-state index >= 15 is 0 Å². The summed E-state index contributed by atoms with van der Waals surface area (Å²) < 4.78 is 16.9. The van der Waals surface area contributed by atoms with Gasteiger partial charge in [-0.2, -0.15) is 0 Å². The Morgan fingerprint density at radius 3 is 2.61 bits per heavy atom. The predicted molar refractivity (Wildman–Crippen MR) is 143 cm³/mol. The minimum absolute atomic E-state index is 0.0168. The van der Waals surface area contributed by atoms with Gasteiger partial charge in [0, 0.05) is 25.3 Å². The molecule has 0 unspecified atom stereocenters. The number of carbonyl (C=O) groups is 3. The lowest BCUT2D eigenvalue weighted by atomic mass is 9.73. The molecule has 0 radical (unpaired) electrons. The van der Waals surface area contributed by atoms with Gasteiger partial charge in [-0.3, -0.25) is 4.79 Å². The topological polar surface area (TPSA) is 100 Å². The van der Waals surface area contributed by atoms with Crippen LogP contribution in [0.15, 0.2) is 58.8 Å². The highest BCUT2D eigenvalue weighted by atomic mass is 16.6. The van der Waals surface area contributed by atoms with Gasteiger partial charge < -0.3 is 19.0 Å². The summed E-state index contributed by atoms with van der Waals surface area (Å²) in [6.07, 6.45) is 2.79. The van der Waals surface area contributed by atoms with Crippen molar-refractivity contribution in [2.75, 3.05) is 13.2 Å². The highest BCUT2D eigenvalue weighted by Gasteiger charge is 2.50. The van der Waals surface area contributed by atoms with Gasteiger partial charge >= 0.3 is 17.9 Å². The molecule has 0 N–H and O–H groups in total. The van der Waals surface area contributed by atoms with Crippen LogP contribution in [0.1, 0.15) is 65.4 Å². The van der Waals surface area contributed by atoms with Crippen molar-refractivity contribution in [3.05, 3.63) is 59.2 Å². The van der Waals surface area contributed by atoms with Crippen molar-refractivity contribution in [3.8, 4) is 0 Å². The zero-order chi connectivity index (χ0) is 27.7. The van der Waals surface area contributed by atoms with Crippen LogP contribution in [0.3, 0.4) is 0 Å². The second-order valence-corrected chi connectivity index (χ2v) is 10.0. The summed E-state index contributed by atoms with van der Waals surface area (Å²) >= 11 is 0. The molecule has 1 heterocycles. The van der Waals surface area contributed by atoms with Gasteiger partial charge in [0.2, 0.25) is 0 Å². The molecule has 1 aromatic rings. The van der Waals surface area contributed by atoms with E-state index in [2.05, 4.69) is 18.7 Å². The van der Waals surface area contributed by atoms with Crippen LogP contribution in [0.4, 0.5) is 0 Å². The Hall–Kier alpha value is -3.42. The first-order valence-corrected chi connectivity index (χ1v) is 13.4. The van der Waals surface area contributed by atoms with Crippen LogP contribution in [-0.4, -0.2) is 49.0 Å². The van der Waals surface area contributed by atoms with Gasteiger partial charge in [-0.1, -0.05) is 67.9 Å². The lowest BCUT2D eigenvalue weighted by Crippen LogP contribution is -2.42. The van der Waals surface area contributed by atoms with Crippen LogP contribution < -0.4 is 0 Å². The second-order valence-electron chi connectivity index (χ2n) is 10.0. The number of nitrogens with zero attached hydrogens (tertiary/aromatic N) is 1. The number of oxime groups is 1. The molecule has 0 amide bonds. The fraction of sp³-hybridized carbons (Fsp3) is 0.533. The normalized spacial score (nSPS) is 22.0. The first kappa shape index (κ1) is 29.1. The Bertz CT molecular complexity index is 1080. The molecule has 1 aliphatic carbocycles. The molecular weight excluding hydrogens is 486 g/mol. The van der Waals surface area contributed by atoms with Crippen LogP contribution in [0.25, 0.3) is 0 Å². The number of rotatable bonds is 13. The van der Waals surface area contributed by atoms with E-state index in [9.17, 15) is 14.4 Å². The number of unbranched alkanes of at least 4 members (excludes halogenated alkanes) is 1. The van der Waals surface area contributed by atoms with Gasteiger partial charge in [0.25, 0.3) is 0 Å². The van der Waals surface area contributed by atoms with Crippen molar-refractivity contribution >= 4 is 23.6 Å². The quantitative estimate of drug-likeness (QED) is 0.0671. The molecule has 8 heteroatoms. The van der Waals surface area contributed by atoms with E-state index in [1.807, 2.05) is 44.2 Å². The molecule has 2 aliphatic rings. The maximum atomic E-state index is 13.6. The summed E-state index contributed by atoms with van der Waals surface area (Å²) in [5, 5.41) is 4.16. The van der Waals surface area contributed by atoms with Crippen molar-refractivity contribution in [1.82, 2.24) is 0 Å². The standard InChI is InChI=1S/C30H39NO7/c1-6-7-16-36-31-24(18-23-13-9-8-10-14-23)30(34)38-28-26(19(2)12-11-15-35-22(5)32)20(3)17-25-27(28)21(4)29(33)37-25/h8-10,13-14,19,25,27-28H,4,6-7,11-12,15-18H2,1-3,5H3/b31-24+/t19-,25+,27+,28-/m0/s1. The number of ether oxygens (including phenoxy) is 3. The van der Waals surface area contributed by atoms with Gasteiger partial charge in [0.05, 0.1) is 12.5 Å².